The Bertz CT molecular complexity index is 1030. The Morgan fingerprint density at radius 2 is 1.88 bits per heavy atom. The normalized spacial score (nSPS) is 18.5. The summed E-state index contributed by atoms with van der Waals surface area (Å²) in [5, 5.41) is 3.96. The van der Waals surface area contributed by atoms with Crippen molar-refractivity contribution in [1.82, 2.24) is 9.62 Å². The topological polar surface area (TPSA) is 66.5 Å². The fraction of sp³-hybridized carbons (Fsp3) is 0.458. The van der Waals surface area contributed by atoms with E-state index in [0.29, 0.717) is 40.9 Å². The lowest BCUT2D eigenvalue weighted by Crippen LogP contribution is -2.46. The molecule has 3 rings (SSSR count). The van der Waals surface area contributed by atoms with Crippen molar-refractivity contribution in [3.8, 4) is 0 Å². The van der Waals surface area contributed by atoms with E-state index in [-0.39, 0.29) is 30.2 Å². The van der Waals surface area contributed by atoms with Crippen molar-refractivity contribution in [3.63, 3.8) is 0 Å². The number of rotatable bonds is 8. The number of benzene rings is 2. The molecule has 0 radical (unpaired) electrons. The smallest absolute Gasteiger partial charge is 0.224 e. The minimum atomic E-state index is -3.61. The molecule has 2 aromatic rings. The number of nitrogens with zero attached hydrogens (tertiary/aromatic N) is 1. The minimum absolute atomic E-state index is 0.0936. The van der Waals surface area contributed by atoms with Gasteiger partial charge in [-0.25, -0.2) is 12.7 Å². The molecule has 0 unspecified atom stereocenters. The molecule has 2 atom stereocenters. The second-order valence-electron chi connectivity index (χ2n) is 8.79. The minimum Gasteiger partial charge on any atom is -0.349 e. The van der Waals surface area contributed by atoms with E-state index in [1.54, 1.807) is 18.2 Å². The van der Waals surface area contributed by atoms with E-state index in [2.05, 4.69) is 19.2 Å². The summed E-state index contributed by atoms with van der Waals surface area (Å²) < 4.78 is 27.5. The standard InChI is InChI=1S/C24H30Cl2N2O3S/c1-17(2)13-23(18-7-4-3-5-8-18)27-24(29)19-9-6-12-28(15-19)32(30,31)16-20-10-11-21(25)14-22(20)26/h3-5,7-8,10-11,14,17,19,23H,6,9,12-13,15-16H2,1-2H3,(H,27,29)/t19-,23+/m0/s1. The van der Waals surface area contributed by atoms with Crippen LogP contribution in [0.5, 0.6) is 0 Å². The number of hydrogen-bond donors (Lipinski definition) is 1. The summed E-state index contributed by atoms with van der Waals surface area (Å²) in [7, 11) is -3.61. The van der Waals surface area contributed by atoms with Gasteiger partial charge in [0.2, 0.25) is 15.9 Å². The Balaban J connectivity index is 1.69. The van der Waals surface area contributed by atoms with Crippen LogP contribution in [0.1, 0.15) is 50.3 Å². The third kappa shape index (κ3) is 6.70. The van der Waals surface area contributed by atoms with Gasteiger partial charge in [0, 0.05) is 23.1 Å². The molecule has 1 saturated heterocycles. The van der Waals surface area contributed by atoms with Gasteiger partial charge in [0.25, 0.3) is 0 Å². The first-order valence-corrected chi connectivity index (χ1v) is 13.3. The zero-order valence-electron chi connectivity index (χ0n) is 18.4. The Morgan fingerprint density at radius 1 is 1.16 bits per heavy atom. The molecule has 5 nitrogen and oxygen atoms in total. The van der Waals surface area contributed by atoms with Gasteiger partial charge in [0.1, 0.15) is 0 Å². The maximum atomic E-state index is 13.1. The molecule has 1 fully saturated rings. The molecule has 1 N–H and O–H groups in total. The van der Waals surface area contributed by atoms with Crippen molar-refractivity contribution in [1.29, 1.82) is 0 Å². The maximum Gasteiger partial charge on any atom is 0.224 e. The van der Waals surface area contributed by atoms with Crippen LogP contribution >= 0.6 is 23.2 Å². The molecule has 174 valence electrons. The van der Waals surface area contributed by atoms with Crippen LogP contribution in [0.3, 0.4) is 0 Å². The van der Waals surface area contributed by atoms with Crippen molar-refractivity contribution in [3.05, 3.63) is 69.7 Å². The molecular weight excluding hydrogens is 467 g/mol. The van der Waals surface area contributed by atoms with Crippen molar-refractivity contribution < 1.29 is 13.2 Å². The number of piperidine rings is 1. The van der Waals surface area contributed by atoms with Crippen LogP contribution in [-0.4, -0.2) is 31.7 Å². The van der Waals surface area contributed by atoms with E-state index in [9.17, 15) is 13.2 Å². The molecule has 1 amide bonds. The summed E-state index contributed by atoms with van der Waals surface area (Å²) in [4.78, 5) is 13.1. The number of halogens is 2. The first kappa shape index (κ1) is 25.0. The first-order valence-electron chi connectivity index (χ1n) is 10.9. The molecule has 0 aliphatic carbocycles. The second-order valence-corrected chi connectivity index (χ2v) is 11.6. The van der Waals surface area contributed by atoms with Gasteiger partial charge in [-0.1, -0.05) is 73.4 Å². The van der Waals surface area contributed by atoms with Crippen LogP contribution in [0.2, 0.25) is 10.0 Å². The van der Waals surface area contributed by atoms with Gasteiger partial charge in [-0.3, -0.25) is 4.79 Å². The summed E-state index contributed by atoms with van der Waals surface area (Å²) in [6.07, 6.45) is 2.13. The Morgan fingerprint density at radius 3 is 2.53 bits per heavy atom. The Kier molecular flexibility index (Phi) is 8.62. The summed E-state index contributed by atoms with van der Waals surface area (Å²) in [6, 6.07) is 14.6. The maximum absolute atomic E-state index is 13.1. The highest BCUT2D eigenvalue weighted by Gasteiger charge is 2.33. The number of carbonyl (C=O) groups is 1. The van der Waals surface area contributed by atoms with Crippen LogP contribution in [0.25, 0.3) is 0 Å². The van der Waals surface area contributed by atoms with Gasteiger partial charge in [0.05, 0.1) is 17.7 Å². The first-order chi connectivity index (χ1) is 15.2. The zero-order valence-corrected chi connectivity index (χ0v) is 20.8. The predicted molar refractivity (Wildman–Crippen MR) is 130 cm³/mol. The summed E-state index contributed by atoms with van der Waals surface area (Å²) in [6.45, 7) is 4.84. The third-order valence-corrected chi connectivity index (χ3v) is 8.11. The Labute approximate surface area is 201 Å². The predicted octanol–water partition coefficient (Wildman–Crippen LogP) is 5.44. The van der Waals surface area contributed by atoms with Gasteiger partial charge in [-0.2, -0.15) is 0 Å². The molecule has 2 aromatic carbocycles. The highest BCUT2D eigenvalue weighted by atomic mass is 35.5. The highest BCUT2D eigenvalue weighted by molar-refractivity contribution is 7.88. The van der Waals surface area contributed by atoms with Gasteiger partial charge < -0.3 is 5.32 Å². The second kappa shape index (κ2) is 11.0. The Hall–Kier alpha value is -1.60. The number of amides is 1. The van der Waals surface area contributed by atoms with E-state index < -0.39 is 10.0 Å². The fourth-order valence-corrected chi connectivity index (χ4v) is 6.26. The number of hydrogen-bond acceptors (Lipinski definition) is 3. The van der Waals surface area contributed by atoms with Crippen LogP contribution in [-0.2, 0) is 20.6 Å². The molecule has 0 bridgehead atoms. The van der Waals surface area contributed by atoms with Crippen molar-refractivity contribution in [2.45, 2.75) is 44.9 Å². The van der Waals surface area contributed by atoms with Crippen LogP contribution in [0, 0.1) is 11.8 Å². The molecule has 1 aliphatic rings. The average Bonchev–Trinajstić information content (AvgIpc) is 2.75. The molecule has 8 heteroatoms. The molecule has 0 aromatic heterocycles. The lowest BCUT2D eigenvalue weighted by atomic mass is 9.94. The highest BCUT2D eigenvalue weighted by Crippen LogP contribution is 2.27. The monoisotopic (exact) mass is 496 g/mol. The zero-order chi connectivity index (χ0) is 23.3. The van der Waals surface area contributed by atoms with Crippen molar-refractivity contribution in [2.24, 2.45) is 11.8 Å². The van der Waals surface area contributed by atoms with Gasteiger partial charge >= 0.3 is 0 Å². The van der Waals surface area contributed by atoms with E-state index in [1.807, 2.05) is 30.3 Å². The van der Waals surface area contributed by atoms with Gasteiger partial charge in [-0.05, 0) is 48.4 Å². The molecule has 1 heterocycles. The van der Waals surface area contributed by atoms with Gasteiger partial charge in [0.15, 0.2) is 0 Å². The van der Waals surface area contributed by atoms with E-state index in [4.69, 9.17) is 23.2 Å². The molecular formula is C24H30Cl2N2O3S. The lowest BCUT2D eigenvalue weighted by molar-refractivity contribution is -0.127. The molecule has 32 heavy (non-hydrogen) atoms. The largest absolute Gasteiger partial charge is 0.349 e. The molecule has 1 aliphatic heterocycles. The molecule has 0 spiro atoms. The third-order valence-electron chi connectivity index (χ3n) is 5.73. The van der Waals surface area contributed by atoms with Crippen molar-refractivity contribution in [2.75, 3.05) is 13.1 Å². The quantitative estimate of drug-likeness (QED) is 0.528. The number of carbonyl (C=O) groups excluding carboxylic acids is 1. The number of nitrogens with one attached hydrogen (secondary N) is 1. The van der Waals surface area contributed by atoms with Crippen LogP contribution in [0.4, 0.5) is 0 Å². The summed E-state index contributed by atoms with van der Waals surface area (Å²) in [5.41, 5.74) is 1.57. The summed E-state index contributed by atoms with van der Waals surface area (Å²) >= 11 is 12.1. The number of sulfonamides is 1. The van der Waals surface area contributed by atoms with Gasteiger partial charge in [-0.15, -0.1) is 0 Å². The van der Waals surface area contributed by atoms with Crippen LogP contribution < -0.4 is 5.32 Å². The SMILES string of the molecule is CC(C)C[C@@H](NC(=O)[C@H]1CCCN(S(=O)(=O)Cc2ccc(Cl)cc2Cl)C1)c1ccccc1. The van der Waals surface area contributed by atoms with Crippen molar-refractivity contribution >= 4 is 39.1 Å². The van der Waals surface area contributed by atoms with E-state index in [1.165, 1.54) is 4.31 Å². The summed E-state index contributed by atoms with van der Waals surface area (Å²) in [5.74, 6) is -0.272. The van der Waals surface area contributed by atoms with E-state index in [0.717, 1.165) is 12.0 Å². The fourth-order valence-electron chi connectivity index (χ4n) is 4.06. The van der Waals surface area contributed by atoms with Crippen LogP contribution in [0.15, 0.2) is 48.5 Å². The lowest BCUT2D eigenvalue weighted by Gasteiger charge is -2.32. The average molecular weight is 497 g/mol. The molecule has 0 saturated carbocycles. The van der Waals surface area contributed by atoms with E-state index >= 15 is 0 Å².